The van der Waals surface area contributed by atoms with Crippen molar-refractivity contribution >= 4 is 39.9 Å². The molecule has 0 aliphatic carbocycles. The van der Waals surface area contributed by atoms with Crippen LogP contribution >= 0.6 is 11.8 Å². The summed E-state index contributed by atoms with van der Waals surface area (Å²) in [5.74, 6) is 0.727. The number of thioether (sulfide) groups is 1. The van der Waals surface area contributed by atoms with E-state index in [0.717, 1.165) is 22.1 Å². The van der Waals surface area contributed by atoms with Crippen LogP contribution in [0.1, 0.15) is 5.56 Å². The van der Waals surface area contributed by atoms with Crippen LogP contribution in [0.4, 0.5) is 5.69 Å². The lowest BCUT2D eigenvalue weighted by atomic mass is 10.1. The second-order valence-electron chi connectivity index (χ2n) is 6.06. The number of fused-ring (bicyclic) bond motifs is 3. The third kappa shape index (κ3) is 3.33. The molecule has 0 aliphatic heterocycles. The van der Waals surface area contributed by atoms with Crippen LogP contribution in [0.5, 0.6) is 5.75 Å². The van der Waals surface area contributed by atoms with Gasteiger partial charge in [0, 0.05) is 0 Å². The van der Waals surface area contributed by atoms with E-state index in [2.05, 4.69) is 27.6 Å². The summed E-state index contributed by atoms with van der Waals surface area (Å²) in [6.45, 7) is 2.01. The zero-order chi connectivity index (χ0) is 18.8. The van der Waals surface area contributed by atoms with Crippen molar-refractivity contribution in [1.29, 1.82) is 0 Å². The molecule has 4 aromatic rings. The molecule has 0 unspecified atom stereocenters. The SMILES string of the molecule is COc1ccccc1NC(=O)CSc1nnc2c(C)cc3ccccc3n12. The number of hydrogen-bond acceptors (Lipinski definition) is 5. The first kappa shape index (κ1) is 17.4. The van der Waals surface area contributed by atoms with Crippen molar-refractivity contribution in [3.05, 3.63) is 60.2 Å². The van der Waals surface area contributed by atoms with Gasteiger partial charge < -0.3 is 10.1 Å². The molecule has 2 heterocycles. The molecular weight excluding hydrogens is 360 g/mol. The number of carbonyl (C=O) groups is 1. The first-order valence-electron chi connectivity index (χ1n) is 8.46. The Hall–Kier alpha value is -3.06. The van der Waals surface area contributed by atoms with Crippen molar-refractivity contribution in [2.24, 2.45) is 0 Å². The number of nitrogens with one attached hydrogen (secondary N) is 1. The van der Waals surface area contributed by atoms with Gasteiger partial charge in [0.05, 0.1) is 24.1 Å². The highest BCUT2D eigenvalue weighted by Gasteiger charge is 2.14. The number of benzene rings is 2. The quantitative estimate of drug-likeness (QED) is 0.533. The first-order valence-corrected chi connectivity index (χ1v) is 9.45. The second-order valence-corrected chi connectivity index (χ2v) is 7.01. The number of carbonyl (C=O) groups excluding carboxylic acids is 1. The van der Waals surface area contributed by atoms with Crippen LogP contribution in [0.15, 0.2) is 59.8 Å². The molecule has 27 heavy (non-hydrogen) atoms. The monoisotopic (exact) mass is 378 g/mol. The zero-order valence-electron chi connectivity index (χ0n) is 15.0. The van der Waals surface area contributed by atoms with E-state index in [9.17, 15) is 4.79 Å². The fourth-order valence-corrected chi connectivity index (χ4v) is 3.76. The number of nitrogens with zero attached hydrogens (tertiary/aromatic N) is 3. The van der Waals surface area contributed by atoms with Gasteiger partial charge in [-0.3, -0.25) is 9.20 Å². The van der Waals surface area contributed by atoms with E-state index >= 15 is 0 Å². The molecule has 2 aromatic carbocycles. The van der Waals surface area contributed by atoms with Crippen molar-refractivity contribution in [1.82, 2.24) is 14.6 Å². The van der Waals surface area contributed by atoms with Crippen molar-refractivity contribution in [3.8, 4) is 5.75 Å². The number of aryl methyl sites for hydroxylation is 1. The van der Waals surface area contributed by atoms with Gasteiger partial charge in [0.2, 0.25) is 5.91 Å². The Morgan fingerprint density at radius 1 is 1.15 bits per heavy atom. The van der Waals surface area contributed by atoms with Crippen LogP contribution in [0.3, 0.4) is 0 Å². The number of methoxy groups -OCH3 is 1. The minimum Gasteiger partial charge on any atom is -0.495 e. The zero-order valence-corrected chi connectivity index (χ0v) is 15.8. The van der Waals surface area contributed by atoms with Crippen molar-refractivity contribution in [2.45, 2.75) is 12.1 Å². The van der Waals surface area contributed by atoms with Crippen molar-refractivity contribution in [2.75, 3.05) is 18.2 Å². The number of rotatable bonds is 5. The lowest BCUT2D eigenvalue weighted by molar-refractivity contribution is -0.113. The lowest BCUT2D eigenvalue weighted by Crippen LogP contribution is -2.15. The molecular formula is C20H18N4O2S. The molecule has 7 heteroatoms. The molecule has 1 amide bonds. The summed E-state index contributed by atoms with van der Waals surface area (Å²) in [4.78, 5) is 12.4. The smallest absolute Gasteiger partial charge is 0.234 e. The average Bonchev–Trinajstić information content (AvgIpc) is 3.12. The molecule has 0 bridgehead atoms. The fraction of sp³-hybridized carbons (Fsp3) is 0.150. The molecule has 0 aliphatic rings. The van der Waals surface area contributed by atoms with Gasteiger partial charge >= 0.3 is 0 Å². The van der Waals surface area contributed by atoms with E-state index in [-0.39, 0.29) is 11.7 Å². The second kappa shape index (κ2) is 7.28. The van der Waals surface area contributed by atoms with Crippen LogP contribution in [0.2, 0.25) is 0 Å². The summed E-state index contributed by atoms with van der Waals surface area (Å²) < 4.78 is 7.27. The maximum absolute atomic E-state index is 12.4. The van der Waals surface area contributed by atoms with Crippen LogP contribution < -0.4 is 10.1 Å². The molecule has 0 fully saturated rings. The van der Waals surface area contributed by atoms with Crippen LogP contribution in [0, 0.1) is 6.92 Å². The van der Waals surface area contributed by atoms with Crippen molar-refractivity contribution in [3.63, 3.8) is 0 Å². The van der Waals surface area contributed by atoms with Gasteiger partial charge in [0.15, 0.2) is 10.8 Å². The number of pyridine rings is 1. The molecule has 0 saturated heterocycles. The lowest BCUT2D eigenvalue weighted by Gasteiger charge is -2.09. The Labute approximate surface area is 160 Å². The van der Waals surface area contributed by atoms with Gasteiger partial charge in [-0.15, -0.1) is 10.2 Å². The minimum absolute atomic E-state index is 0.127. The number of aromatic nitrogens is 3. The van der Waals surface area contributed by atoms with E-state index in [0.29, 0.717) is 16.6 Å². The van der Waals surface area contributed by atoms with E-state index in [4.69, 9.17) is 4.74 Å². The molecule has 6 nitrogen and oxygen atoms in total. The van der Waals surface area contributed by atoms with Crippen LogP contribution in [-0.2, 0) is 4.79 Å². The molecule has 0 atom stereocenters. The predicted octanol–water partition coefficient (Wildman–Crippen LogP) is 3.93. The Bertz CT molecular complexity index is 1140. The molecule has 4 rings (SSSR count). The van der Waals surface area contributed by atoms with Crippen molar-refractivity contribution < 1.29 is 9.53 Å². The maximum atomic E-state index is 12.4. The Morgan fingerprint density at radius 3 is 2.78 bits per heavy atom. The Morgan fingerprint density at radius 2 is 1.93 bits per heavy atom. The summed E-state index contributed by atoms with van der Waals surface area (Å²) >= 11 is 1.36. The number of amides is 1. The highest BCUT2D eigenvalue weighted by molar-refractivity contribution is 7.99. The molecule has 2 aromatic heterocycles. The van der Waals surface area contributed by atoms with E-state index in [1.54, 1.807) is 7.11 Å². The van der Waals surface area contributed by atoms with Crippen LogP contribution in [-0.4, -0.2) is 33.4 Å². The summed E-state index contributed by atoms with van der Waals surface area (Å²) in [6.07, 6.45) is 0. The molecule has 0 radical (unpaired) electrons. The highest BCUT2D eigenvalue weighted by Crippen LogP contribution is 2.26. The number of anilines is 1. The Balaban J connectivity index is 1.58. The standard InChI is InChI=1S/C20H18N4O2S/c1-13-11-14-7-3-5-9-16(14)24-19(13)22-23-20(24)27-12-18(25)21-15-8-4-6-10-17(15)26-2/h3-11H,12H2,1-2H3,(H,21,25). The van der Waals surface area contributed by atoms with E-state index < -0.39 is 0 Å². The number of ether oxygens (including phenoxy) is 1. The molecule has 1 N–H and O–H groups in total. The maximum Gasteiger partial charge on any atom is 0.234 e. The highest BCUT2D eigenvalue weighted by atomic mass is 32.2. The summed E-state index contributed by atoms with van der Waals surface area (Å²) in [6, 6.07) is 17.5. The Kier molecular flexibility index (Phi) is 4.68. The molecule has 0 spiro atoms. The number of hydrogen-bond donors (Lipinski definition) is 1. The predicted molar refractivity (Wildman–Crippen MR) is 108 cm³/mol. The molecule has 0 saturated carbocycles. The van der Waals surface area contributed by atoms with Gasteiger partial charge in [-0.2, -0.15) is 0 Å². The van der Waals surface area contributed by atoms with Gasteiger partial charge in [-0.1, -0.05) is 42.1 Å². The van der Waals surface area contributed by atoms with Crippen LogP contribution in [0.25, 0.3) is 16.6 Å². The minimum atomic E-state index is -0.127. The normalized spacial score (nSPS) is 11.0. The number of para-hydroxylation sites is 3. The first-order chi connectivity index (χ1) is 13.2. The summed E-state index contributed by atoms with van der Waals surface area (Å²) in [5, 5.41) is 13.3. The third-order valence-corrected chi connectivity index (χ3v) is 5.18. The molecule has 136 valence electrons. The summed E-state index contributed by atoms with van der Waals surface area (Å²) in [5.41, 5.74) is 3.53. The van der Waals surface area contributed by atoms with E-state index in [1.807, 2.05) is 53.8 Å². The summed E-state index contributed by atoms with van der Waals surface area (Å²) in [7, 11) is 1.58. The fourth-order valence-electron chi connectivity index (χ4n) is 3.01. The van der Waals surface area contributed by atoms with Gasteiger partial charge in [0.1, 0.15) is 5.75 Å². The largest absolute Gasteiger partial charge is 0.495 e. The van der Waals surface area contributed by atoms with Gasteiger partial charge in [-0.05, 0) is 42.1 Å². The van der Waals surface area contributed by atoms with Gasteiger partial charge in [-0.25, -0.2) is 0 Å². The van der Waals surface area contributed by atoms with Gasteiger partial charge in [0.25, 0.3) is 0 Å². The topological polar surface area (TPSA) is 68.5 Å². The average molecular weight is 378 g/mol. The third-order valence-electron chi connectivity index (χ3n) is 4.25. The van der Waals surface area contributed by atoms with E-state index in [1.165, 1.54) is 11.8 Å².